The van der Waals surface area contributed by atoms with Gasteiger partial charge in [-0.3, -0.25) is 24.6 Å². The van der Waals surface area contributed by atoms with Gasteiger partial charge in [-0.1, -0.05) is 36.4 Å². The van der Waals surface area contributed by atoms with Crippen molar-refractivity contribution in [2.45, 2.75) is 44.3 Å². The van der Waals surface area contributed by atoms with Gasteiger partial charge in [0.15, 0.2) is 11.5 Å². The highest BCUT2D eigenvalue weighted by molar-refractivity contribution is 6.10. The first kappa shape index (κ1) is 22.4. The van der Waals surface area contributed by atoms with Gasteiger partial charge in [-0.25, -0.2) is 0 Å². The first-order valence-corrected chi connectivity index (χ1v) is 11.5. The van der Waals surface area contributed by atoms with Crippen molar-refractivity contribution in [1.82, 2.24) is 10.2 Å². The molecule has 3 aliphatic rings. The monoisotopic (exact) mass is 464 g/mol. The number of aliphatic carboxylic acids is 1. The Labute approximate surface area is 197 Å². The summed E-state index contributed by atoms with van der Waals surface area (Å²) in [6.07, 6.45) is 0.0718. The Morgan fingerprint density at radius 3 is 2.38 bits per heavy atom. The second-order valence-electron chi connectivity index (χ2n) is 10.2. The predicted molar refractivity (Wildman–Crippen MR) is 122 cm³/mol. The molecule has 0 bridgehead atoms. The number of nitrogens with zero attached hydrogens (tertiary/aromatic N) is 1. The van der Waals surface area contributed by atoms with E-state index < -0.39 is 40.8 Å². The number of likely N-dealkylation sites (tertiary alicyclic amines) is 1. The smallest absolute Gasteiger partial charge is 0.325 e. The number of hydrogen-bond acceptors (Lipinski definition) is 6. The molecule has 178 valence electrons. The minimum atomic E-state index is -1.64. The fourth-order valence-corrected chi connectivity index (χ4v) is 5.56. The maximum atomic E-state index is 13.7. The van der Waals surface area contributed by atoms with Crippen molar-refractivity contribution in [1.29, 1.82) is 0 Å². The van der Waals surface area contributed by atoms with Crippen LogP contribution in [-0.4, -0.2) is 52.1 Å². The van der Waals surface area contributed by atoms with Crippen LogP contribution in [0.1, 0.15) is 37.9 Å². The van der Waals surface area contributed by atoms with E-state index in [1.54, 1.807) is 39.0 Å². The maximum absolute atomic E-state index is 13.7. The van der Waals surface area contributed by atoms with Crippen molar-refractivity contribution < 1.29 is 29.0 Å². The summed E-state index contributed by atoms with van der Waals surface area (Å²) in [7, 11) is 0. The van der Waals surface area contributed by atoms with Crippen LogP contribution >= 0.6 is 0 Å². The van der Waals surface area contributed by atoms with Crippen molar-refractivity contribution in [2.75, 3.05) is 13.2 Å². The number of hydrogen-bond donors (Lipinski definition) is 2. The van der Waals surface area contributed by atoms with Crippen LogP contribution in [-0.2, 0) is 20.8 Å². The number of carbonyl (C=O) groups is 3. The van der Waals surface area contributed by atoms with Gasteiger partial charge in [0.2, 0.25) is 11.8 Å². The third-order valence-corrected chi connectivity index (χ3v) is 6.96. The number of fused-ring (bicyclic) bond motifs is 2. The van der Waals surface area contributed by atoms with Crippen LogP contribution in [0.15, 0.2) is 48.5 Å². The van der Waals surface area contributed by atoms with Crippen LogP contribution in [0.5, 0.6) is 11.5 Å². The Bertz CT molecular complexity index is 1160. The number of carbonyl (C=O) groups excluding carboxylic acids is 2. The van der Waals surface area contributed by atoms with Crippen LogP contribution in [0.2, 0.25) is 0 Å². The molecular weight excluding hydrogens is 436 g/mol. The molecule has 3 heterocycles. The molecule has 0 aliphatic carbocycles. The molecular formula is C26H28N2O6. The summed E-state index contributed by atoms with van der Waals surface area (Å²) in [5.74, 6) is -2.71. The quantitative estimate of drug-likeness (QED) is 0.670. The molecule has 34 heavy (non-hydrogen) atoms. The molecule has 2 amide bonds. The second-order valence-corrected chi connectivity index (χ2v) is 10.2. The summed E-state index contributed by atoms with van der Waals surface area (Å²) in [4.78, 5) is 41.6. The maximum Gasteiger partial charge on any atom is 0.325 e. The molecule has 0 spiro atoms. The lowest BCUT2D eigenvalue weighted by atomic mass is 9.76. The van der Waals surface area contributed by atoms with E-state index in [4.69, 9.17) is 9.47 Å². The molecule has 0 radical (unpaired) electrons. The van der Waals surface area contributed by atoms with Gasteiger partial charge < -0.3 is 14.6 Å². The van der Waals surface area contributed by atoms with E-state index in [-0.39, 0.29) is 12.3 Å². The predicted octanol–water partition coefficient (Wildman–Crippen LogP) is 2.57. The van der Waals surface area contributed by atoms with E-state index in [1.807, 2.05) is 30.3 Å². The van der Waals surface area contributed by atoms with E-state index in [2.05, 4.69) is 5.32 Å². The highest BCUT2D eigenvalue weighted by Gasteiger charge is 2.69. The van der Waals surface area contributed by atoms with Gasteiger partial charge in [-0.2, -0.15) is 0 Å². The van der Waals surface area contributed by atoms with Crippen LogP contribution < -0.4 is 14.8 Å². The molecule has 2 aromatic carbocycles. The SMILES string of the molecule is CC(C)(C)N1C(=O)C2C(c3ccc4c(c3)OCCO4)NC(Cc3ccccc3)(C(=O)O)C2C1=O. The van der Waals surface area contributed by atoms with Gasteiger partial charge in [-0.05, 0) is 44.0 Å². The second kappa shape index (κ2) is 7.84. The van der Waals surface area contributed by atoms with Crippen LogP contribution in [0.4, 0.5) is 0 Å². The summed E-state index contributed by atoms with van der Waals surface area (Å²) in [5, 5.41) is 13.8. The molecule has 4 atom stereocenters. The molecule has 4 unspecified atom stereocenters. The van der Waals surface area contributed by atoms with Crippen molar-refractivity contribution in [3.05, 3.63) is 59.7 Å². The van der Waals surface area contributed by atoms with Gasteiger partial charge in [-0.15, -0.1) is 0 Å². The molecule has 3 aliphatic heterocycles. The van der Waals surface area contributed by atoms with Gasteiger partial charge in [0.05, 0.1) is 11.8 Å². The number of rotatable bonds is 4. The van der Waals surface area contributed by atoms with Crippen molar-refractivity contribution in [2.24, 2.45) is 11.8 Å². The summed E-state index contributed by atoms with van der Waals surface area (Å²) in [6.45, 7) is 6.22. The van der Waals surface area contributed by atoms with Crippen LogP contribution in [0.25, 0.3) is 0 Å². The van der Waals surface area contributed by atoms with E-state index in [1.165, 1.54) is 4.90 Å². The zero-order valence-corrected chi connectivity index (χ0v) is 19.4. The van der Waals surface area contributed by atoms with Crippen molar-refractivity contribution in [3.63, 3.8) is 0 Å². The highest BCUT2D eigenvalue weighted by atomic mass is 16.6. The molecule has 2 saturated heterocycles. The molecule has 8 heteroatoms. The summed E-state index contributed by atoms with van der Waals surface area (Å²) < 4.78 is 11.3. The fraction of sp³-hybridized carbons (Fsp3) is 0.423. The van der Waals surface area contributed by atoms with Crippen LogP contribution in [0.3, 0.4) is 0 Å². The lowest BCUT2D eigenvalue weighted by molar-refractivity contribution is -0.153. The van der Waals surface area contributed by atoms with E-state index in [0.717, 1.165) is 5.56 Å². The third-order valence-electron chi connectivity index (χ3n) is 6.96. The number of carboxylic acids is 1. The number of imide groups is 1. The van der Waals surface area contributed by atoms with E-state index in [9.17, 15) is 19.5 Å². The average Bonchev–Trinajstić information content (AvgIpc) is 3.28. The molecule has 0 saturated carbocycles. The topological polar surface area (TPSA) is 105 Å². The molecule has 8 nitrogen and oxygen atoms in total. The average molecular weight is 465 g/mol. The Morgan fingerprint density at radius 1 is 1.06 bits per heavy atom. The normalized spacial score (nSPS) is 28.2. The Balaban J connectivity index is 1.64. The first-order chi connectivity index (χ1) is 16.1. The summed E-state index contributed by atoms with van der Waals surface area (Å²) in [5.41, 5.74) is -0.954. The van der Waals surface area contributed by atoms with Gasteiger partial charge in [0, 0.05) is 18.0 Å². The standard InChI is InChI=1S/C26H28N2O6/c1-25(2,3)28-22(29)19-20(23(28)30)26(24(31)32,14-15-7-5-4-6-8-15)27-21(19)16-9-10-17-18(13-16)34-12-11-33-17/h4-10,13,19-21,27H,11-12,14H2,1-3H3,(H,31,32). The first-order valence-electron chi connectivity index (χ1n) is 11.5. The number of amides is 2. The van der Waals surface area contributed by atoms with E-state index in [0.29, 0.717) is 30.3 Å². The molecule has 5 rings (SSSR count). The largest absolute Gasteiger partial charge is 0.486 e. The lowest BCUT2D eigenvalue weighted by Crippen LogP contribution is -2.58. The highest BCUT2D eigenvalue weighted by Crippen LogP contribution is 2.52. The number of benzene rings is 2. The number of nitrogens with one attached hydrogen (secondary N) is 1. The minimum absolute atomic E-state index is 0.0718. The Morgan fingerprint density at radius 2 is 1.74 bits per heavy atom. The lowest BCUT2D eigenvalue weighted by Gasteiger charge is -2.35. The van der Waals surface area contributed by atoms with Crippen molar-refractivity contribution in [3.8, 4) is 11.5 Å². The molecule has 2 fully saturated rings. The molecule has 0 aromatic heterocycles. The molecule has 2 aromatic rings. The zero-order valence-electron chi connectivity index (χ0n) is 19.4. The van der Waals surface area contributed by atoms with Crippen LogP contribution in [0, 0.1) is 11.8 Å². The van der Waals surface area contributed by atoms with Crippen molar-refractivity contribution >= 4 is 17.8 Å². The fourth-order valence-electron chi connectivity index (χ4n) is 5.56. The third kappa shape index (κ3) is 3.36. The molecule has 2 N–H and O–H groups in total. The van der Waals surface area contributed by atoms with Gasteiger partial charge in [0.1, 0.15) is 18.8 Å². The van der Waals surface area contributed by atoms with E-state index >= 15 is 0 Å². The van der Waals surface area contributed by atoms with Gasteiger partial charge in [0.25, 0.3) is 0 Å². The Hall–Kier alpha value is -3.39. The summed E-state index contributed by atoms with van der Waals surface area (Å²) >= 11 is 0. The Kier molecular flexibility index (Phi) is 5.16. The van der Waals surface area contributed by atoms with Gasteiger partial charge >= 0.3 is 5.97 Å². The number of ether oxygens (including phenoxy) is 2. The summed E-state index contributed by atoms with van der Waals surface area (Å²) in [6, 6.07) is 13.9. The minimum Gasteiger partial charge on any atom is -0.486 e. The zero-order chi connectivity index (χ0) is 24.3. The number of carboxylic acid groups (broad SMARTS) is 1.